The van der Waals surface area contributed by atoms with Crippen molar-refractivity contribution in [1.29, 1.82) is 0 Å². The van der Waals surface area contributed by atoms with Crippen molar-refractivity contribution in [2.75, 3.05) is 5.75 Å². The zero-order chi connectivity index (χ0) is 17.9. The van der Waals surface area contributed by atoms with E-state index in [0.717, 1.165) is 31.7 Å². The first kappa shape index (κ1) is 19.3. The second-order valence-electron chi connectivity index (χ2n) is 7.14. The average Bonchev–Trinajstić information content (AvgIpc) is 2.53. The SMILES string of the molecule is CC(C)S(=O)(=O)CC1CCC(CCc2ccc(F)c(F)c2F)CC1. The Labute approximate surface area is 142 Å². The highest BCUT2D eigenvalue weighted by Crippen LogP contribution is 2.33. The second-order valence-corrected chi connectivity index (χ2v) is 9.74. The summed E-state index contributed by atoms with van der Waals surface area (Å²) in [5, 5.41) is -0.341. The maximum atomic E-state index is 13.7. The van der Waals surface area contributed by atoms with Crippen LogP contribution in [0.1, 0.15) is 51.5 Å². The molecule has 1 fully saturated rings. The van der Waals surface area contributed by atoms with Gasteiger partial charge in [0, 0.05) is 0 Å². The fraction of sp³-hybridized carbons (Fsp3) is 0.667. The van der Waals surface area contributed by atoms with Crippen LogP contribution in [0, 0.1) is 29.3 Å². The lowest BCUT2D eigenvalue weighted by Gasteiger charge is -2.28. The van der Waals surface area contributed by atoms with E-state index in [0.29, 0.717) is 18.8 Å². The summed E-state index contributed by atoms with van der Waals surface area (Å²) in [4.78, 5) is 0. The van der Waals surface area contributed by atoms with E-state index in [1.807, 2.05) is 0 Å². The molecule has 2 rings (SSSR count). The molecule has 1 saturated carbocycles. The molecule has 1 aliphatic rings. The van der Waals surface area contributed by atoms with Gasteiger partial charge in [0.05, 0.1) is 11.0 Å². The summed E-state index contributed by atoms with van der Waals surface area (Å²) < 4.78 is 63.8. The van der Waals surface area contributed by atoms with E-state index < -0.39 is 27.3 Å². The van der Waals surface area contributed by atoms with E-state index in [4.69, 9.17) is 0 Å². The normalized spacial score (nSPS) is 22.1. The minimum atomic E-state index is -3.01. The molecule has 1 aromatic rings. The van der Waals surface area contributed by atoms with Crippen LogP contribution in [-0.2, 0) is 16.3 Å². The van der Waals surface area contributed by atoms with Gasteiger partial charge in [-0.05, 0) is 63.0 Å². The van der Waals surface area contributed by atoms with Crippen molar-refractivity contribution < 1.29 is 21.6 Å². The number of hydrogen-bond acceptors (Lipinski definition) is 2. The average molecular weight is 362 g/mol. The van der Waals surface area contributed by atoms with Crippen molar-refractivity contribution in [3.05, 3.63) is 35.1 Å². The molecule has 0 N–H and O–H groups in total. The largest absolute Gasteiger partial charge is 0.229 e. The van der Waals surface area contributed by atoms with Gasteiger partial charge in [0.2, 0.25) is 0 Å². The molecule has 0 aromatic heterocycles. The summed E-state index contributed by atoms with van der Waals surface area (Å²) in [6, 6.07) is 2.26. The Morgan fingerprint density at radius 2 is 1.58 bits per heavy atom. The molecule has 0 saturated heterocycles. The van der Waals surface area contributed by atoms with Gasteiger partial charge >= 0.3 is 0 Å². The van der Waals surface area contributed by atoms with Crippen LogP contribution in [0.2, 0.25) is 0 Å². The van der Waals surface area contributed by atoms with E-state index in [9.17, 15) is 21.6 Å². The van der Waals surface area contributed by atoms with Crippen LogP contribution in [0.25, 0.3) is 0 Å². The molecule has 0 radical (unpaired) electrons. The van der Waals surface area contributed by atoms with Crippen molar-refractivity contribution in [2.24, 2.45) is 11.8 Å². The Hall–Kier alpha value is -1.04. The highest BCUT2D eigenvalue weighted by atomic mass is 32.2. The van der Waals surface area contributed by atoms with Gasteiger partial charge in [0.15, 0.2) is 27.3 Å². The minimum Gasteiger partial charge on any atom is -0.229 e. The molecule has 1 aromatic carbocycles. The van der Waals surface area contributed by atoms with Gasteiger partial charge in [-0.3, -0.25) is 0 Å². The molecule has 0 spiro atoms. The fourth-order valence-electron chi connectivity index (χ4n) is 3.33. The zero-order valence-electron chi connectivity index (χ0n) is 14.2. The molecule has 0 unspecified atom stereocenters. The number of aryl methyl sites for hydroxylation is 1. The van der Waals surface area contributed by atoms with Crippen molar-refractivity contribution >= 4 is 9.84 Å². The highest BCUT2D eigenvalue weighted by Gasteiger charge is 2.27. The molecule has 24 heavy (non-hydrogen) atoms. The van der Waals surface area contributed by atoms with Crippen LogP contribution in [0.3, 0.4) is 0 Å². The second kappa shape index (κ2) is 7.89. The third-order valence-electron chi connectivity index (χ3n) is 5.09. The topological polar surface area (TPSA) is 34.1 Å². The minimum absolute atomic E-state index is 0.202. The molecule has 0 amide bonds. The monoisotopic (exact) mass is 362 g/mol. The predicted octanol–water partition coefficient (Wildman–Crippen LogP) is 4.67. The number of benzene rings is 1. The molecule has 1 aliphatic carbocycles. The molecule has 0 aliphatic heterocycles. The quantitative estimate of drug-likeness (QED) is 0.690. The van der Waals surface area contributed by atoms with E-state index in [1.54, 1.807) is 13.8 Å². The lowest BCUT2D eigenvalue weighted by molar-refractivity contribution is 0.277. The summed E-state index contributed by atoms with van der Waals surface area (Å²) in [7, 11) is -3.01. The lowest BCUT2D eigenvalue weighted by atomic mass is 9.80. The number of rotatable bonds is 6. The molecule has 0 atom stereocenters. The van der Waals surface area contributed by atoms with Gasteiger partial charge in [-0.15, -0.1) is 0 Å². The number of hydrogen-bond donors (Lipinski definition) is 0. The van der Waals surface area contributed by atoms with Gasteiger partial charge in [-0.25, -0.2) is 21.6 Å². The fourth-order valence-corrected chi connectivity index (χ4v) is 4.70. The van der Waals surface area contributed by atoms with Crippen LogP contribution in [0.5, 0.6) is 0 Å². The summed E-state index contributed by atoms with van der Waals surface area (Å²) in [5.74, 6) is -2.83. The standard InChI is InChI=1S/C18H25F3O2S/c1-12(2)24(22,23)11-14-5-3-13(4-6-14)7-8-15-9-10-16(19)18(21)17(15)20/h9-10,12-14H,3-8,11H2,1-2H3. The van der Waals surface area contributed by atoms with Crippen molar-refractivity contribution in [2.45, 2.75) is 57.6 Å². The Morgan fingerprint density at radius 1 is 1.00 bits per heavy atom. The smallest absolute Gasteiger partial charge is 0.194 e. The Kier molecular flexibility index (Phi) is 6.34. The van der Waals surface area contributed by atoms with Gasteiger partial charge in [0.1, 0.15) is 0 Å². The van der Waals surface area contributed by atoms with Crippen molar-refractivity contribution in [3.8, 4) is 0 Å². The first-order valence-electron chi connectivity index (χ1n) is 8.54. The third kappa shape index (κ3) is 4.74. The molecule has 136 valence electrons. The predicted molar refractivity (Wildman–Crippen MR) is 89.0 cm³/mol. The van der Waals surface area contributed by atoms with Crippen LogP contribution in [0.4, 0.5) is 13.2 Å². The van der Waals surface area contributed by atoms with Crippen LogP contribution in [0.15, 0.2) is 12.1 Å². The number of halogens is 3. The maximum absolute atomic E-state index is 13.7. The van der Waals surface area contributed by atoms with E-state index in [2.05, 4.69) is 0 Å². The van der Waals surface area contributed by atoms with Gasteiger partial charge in [-0.1, -0.05) is 18.9 Å². The summed E-state index contributed by atoms with van der Waals surface area (Å²) in [6.45, 7) is 3.41. The van der Waals surface area contributed by atoms with Gasteiger partial charge in [-0.2, -0.15) is 0 Å². The van der Waals surface area contributed by atoms with Gasteiger partial charge < -0.3 is 0 Å². The summed E-state index contributed by atoms with van der Waals surface area (Å²) in [6.07, 6.45) is 4.62. The van der Waals surface area contributed by atoms with Crippen molar-refractivity contribution in [3.63, 3.8) is 0 Å². The Morgan fingerprint density at radius 3 is 2.17 bits per heavy atom. The molecule has 6 heteroatoms. The molecule has 0 bridgehead atoms. The van der Waals surface area contributed by atoms with E-state index in [1.165, 1.54) is 6.07 Å². The van der Waals surface area contributed by atoms with Gasteiger partial charge in [0.25, 0.3) is 0 Å². The maximum Gasteiger partial charge on any atom is 0.194 e. The van der Waals surface area contributed by atoms with Crippen LogP contribution >= 0.6 is 0 Å². The molecule has 2 nitrogen and oxygen atoms in total. The first-order valence-corrected chi connectivity index (χ1v) is 10.3. The summed E-state index contributed by atoms with van der Waals surface area (Å²) >= 11 is 0. The Balaban J connectivity index is 1.83. The highest BCUT2D eigenvalue weighted by molar-refractivity contribution is 7.91. The molecular formula is C18H25F3O2S. The van der Waals surface area contributed by atoms with Crippen LogP contribution in [-0.4, -0.2) is 19.4 Å². The van der Waals surface area contributed by atoms with E-state index >= 15 is 0 Å². The Bertz CT molecular complexity index is 663. The van der Waals surface area contributed by atoms with Crippen molar-refractivity contribution in [1.82, 2.24) is 0 Å². The first-order chi connectivity index (χ1) is 11.2. The molecule has 0 heterocycles. The van der Waals surface area contributed by atoms with Crippen LogP contribution < -0.4 is 0 Å². The molecular weight excluding hydrogens is 337 g/mol. The lowest BCUT2D eigenvalue weighted by Crippen LogP contribution is -2.26. The van der Waals surface area contributed by atoms with E-state index in [-0.39, 0.29) is 22.5 Å². The number of sulfone groups is 1. The zero-order valence-corrected chi connectivity index (χ0v) is 15.0. The summed E-state index contributed by atoms with van der Waals surface area (Å²) in [5.41, 5.74) is 0.207. The third-order valence-corrected chi connectivity index (χ3v) is 7.46.